The van der Waals surface area contributed by atoms with E-state index in [2.05, 4.69) is 0 Å². The van der Waals surface area contributed by atoms with Crippen LogP contribution in [0.3, 0.4) is 0 Å². The van der Waals surface area contributed by atoms with E-state index in [9.17, 15) is 9.59 Å². The van der Waals surface area contributed by atoms with Gasteiger partial charge in [-0.05, 0) is 6.92 Å². The smallest absolute Gasteiger partial charge is 0.340 e. The zero-order chi connectivity index (χ0) is 12.7. The van der Waals surface area contributed by atoms with E-state index < -0.39 is 5.97 Å². The molecule has 2 aromatic rings. The lowest BCUT2D eigenvalue weighted by molar-refractivity contribution is 0.0696. The molecule has 0 radical (unpaired) electrons. The summed E-state index contributed by atoms with van der Waals surface area (Å²) in [6.45, 7) is 3.57. The van der Waals surface area contributed by atoms with E-state index in [-0.39, 0.29) is 16.5 Å². The van der Waals surface area contributed by atoms with Gasteiger partial charge in [0.05, 0.1) is 0 Å². The van der Waals surface area contributed by atoms with Crippen molar-refractivity contribution >= 4 is 16.9 Å². The van der Waals surface area contributed by atoms with Crippen molar-refractivity contribution in [1.29, 1.82) is 0 Å². The fourth-order valence-electron chi connectivity index (χ4n) is 1.90. The molecule has 0 spiro atoms. The largest absolute Gasteiger partial charge is 0.478 e. The molecule has 0 fully saturated rings. The molecule has 0 atom stereocenters. The number of carboxylic acid groups (broad SMARTS) is 1. The summed E-state index contributed by atoms with van der Waals surface area (Å²) in [5, 5.41) is 9.32. The Balaban J connectivity index is 3.01. The van der Waals surface area contributed by atoms with Gasteiger partial charge in [-0.3, -0.25) is 4.79 Å². The Morgan fingerprint density at radius 2 is 2.18 bits per heavy atom. The highest BCUT2D eigenvalue weighted by Crippen LogP contribution is 2.24. The lowest BCUT2D eigenvalue weighted by Gasteiger charge is -2.02. The van der Waals surface area contributed by atoms with Crippen LogP contribution in [-0.4, -0.2) is 15.6 Å². The molecule has 0 saturated heterocycles. The average Bonchev–Trinajstić information content (AvgIpc) is 2.64. The molecule has 0 saturated carbocycles. The summed E-state index contributed by atoms with van der Waals surface area (Å²) in [5.41, 5.74) is 0.736. The van der Waals surface area contributed by atoms with Crippen molar-refractivity contribution in [1.82, 2.24) is 4.57 Å². The fraction of sp³-hybridized carbons (Fsp3) is 0.333. The van der Waals surface area contributed by atoms with Gasteiger partial charge in [-0.15, -0.1) is 0 Å². The van der Waals surface area contributed by atoms with Crippen LogP contribution < -0.4 is 5.56 Å². The first-order valence-corrected chi connectivity index (χ1v) is 5.32. The van der Waals surface area contributed by atoms with Crippen molar-refractivity contribution in [3.63, 3.8) is 0 Å². The summed E-state index contributed by atoms with van der Waals surface area (Å²) in [6.07, 6.45) is 0.443. The molecule has 0 aliphatic heterocycles. The van der Waals surface area contributed by atoms with Crippen LogP contribution in [0, 0.1) is 6.92 Å². The standard InChI is InChI=1S/C12H13NO4/c1-4-7-10(12(15)16)9-8(17-7)5-6(2)13(3)11(9)14/h5H,4H2,1-3H3,(H,15,16). The number of pyridine rings is 1. The van der Waals surface area contributed by atoms with Crippen LogP contribution >= 0.6 is 0 Å². The van der Waals surface area contributed by atoms with Crippen molar-refractivity contribution in [3.05, 3.63) is 33.4 Å². The van der Waals surface area contributed by atoms with Gasteiger partial charge in [0.25, 0.3) is 5.56 Å². The van der Waals surface area contributed by atoms with Crippen LogP contribution in [0.15, 0.2) is 15.3 Å². The molecule has 5 heteroatoms. The lowest BCUT2D eigenvalue weighted by atomic mass is 10.1. The zero-order valence-electron chi connectivity index (χ0n) is 9.90. The Bertz CT molecular complexity index is 663. The Kier molecular flexibility index (Phi) is 2.53. The van der Waals surface area contributed by atoms with Crippen LogP contribution in [0.2, 0.25) is 0 Å². The first kappa shape index (κ1) is 11.4. The molecule has 2 heterocycles. The van der Waals surface area contributed by atoms with Gasteiger partial charge in [0, 0.05) is 25.2 Å². The Hall–Kier alpha value is -2.04. The summed E-state index contributed by atoms with van der Waals surface area (Å²) in [7, 11) is 1.61. The van der Waals surface area contributed by atoms with Crippen molar-refractivity contribution in [2.45, 2.75) is 20.3 Å². The number of fused-ring (bicyclic) bond motifs is 1. The number of rotatable bonds is 2. The van der Waals surface area contributed by atoms with Gasteiger partial charge in [-0.25, -0.2) is 4.79 Å². The molecular weight excluding hydrogens is 222 g/mol. The Morgan fingerprint density at radius 3 is 2.71 bits per heavy atom. The van der Waals surface area contributed by atoms with Gasteiger partial charge in [0.1, 0.15) is 22.3 Å². The molecule has 0 aliphatic carbocycles. The van der Waals surface area contributed by atoms with Crippen LogP contribution in [0.4, 0.5) is 0 Å². The Labute approximate surface area is 97.3 Å². The summed E-state index contributed by atoms with van der Waals surface area (Å²) in [4.78, 5) is 23.2. The van der Waals surface area contributed by atoms with Crippen LogP contribution in [0.25, 0.3) is 11.0 Å². The maximum atomic E-state index is 12.0. The fourth-order valence-corrected chi connectivity index (χ4v) is 1.90. The summed E-state index contributed by atoms with van der Waals surface area (Å²) in [5.74, 6) is -0.781. The highest BCUT2D eigenvalue weighted by molar-refractivity contribution is 6.03. The molecule has 2 aromatic heterocycles. The SMILES string of the molecule is CCc1oc2cc(C)n(C)c(=O)c2c1C(=O)O. The minimum absolute atomic E-state index is 0.0110. The number of hydrogen-bond donors (Lipinski definition) is 1. The minimum atomic E-state index is -1.12. The molecule has 17 heavy (non-hydrogen) atoms. The molecule has 0 aromatic carbocycles. The molecule has 0 amide bonds. The molecule has 5 nitrogen and oxygen atoms in total. The molecule has 90 valence electrons. The van der Waals surface area contributed by atoms with Gasteiger partial charge < -0.3 is 14.1 Å². The highest BCUT2D eigenvalue weighted by atomic mass is 16.4. The molecular formula is C12H13NO4. The van der Waals surface area contributed by atoms with E-state index in [0.29, 0.717) is 17.8 Å². The van der Waals surface area contributed by atoms with Crippen molar-refractivity contribution in [2.75, 3.05) is 0 Å². The summed E-state index contributed by atoms with van der Waals surface area (Å²) in [6, 6.07) is 1.68. The van der Waals surface area contributed by atoms with Crippen LogP contribution in [-0.2, 0) is 13.5 Å². The second-order valence-electron chi connectivity index (χ2n) is 3.95. The monoisotopic (exact) mass is 235 g/mol. The normalized spacial score (nSPS) is 11.0. The maximum absolute atomic E-state index is 12.0. The molecule has 0 aliphatic rings. The number of furan rings is 1. The molecule has 1 N–H and O–H groups in total. The predicted molar refractivity (Wildman–Crippen MR) is 62.5 cm³/mol. The van der Waals surface area contributed by atoms with Gasteiger partial charge in [-0.1, -0.05) is 6.92 Å². The van der Waals surface area contributed by atoms with Crippen molar-refractivity contribution in [2.24, 2.45) is 7.05 Å². The van der Waals surface area contributed by atoms with Crippen molar-refractivity contribution in [3.8, 4) is 0 Å². The van der Waals surface area contributed by atoms with Crippen molar-refractivity contribution < 1.29 is 14.3 Å². The summed E-state index contributed by atoms with van der Waals surface area (Å²) >= 11 is 0. The quantitative estimate of drug-likeness (QED) is 0.859. The third-order valence-electron chi connectivity index (χ3n) is 2.93. The Morgan fingerprint density at radius 1 is 1.53 bits per heavy atom. The molecule has 2 rings (SSSR count). The second-order valence-corrected chi connectivity index (χ2v) is 3.95. The highest BCUT2D eigenvalue weighted by Gasteiger charge is 2.22. The number of aromatic nitrogens is 1. The van der Waals surface area contributed by atoms with E-state index in [1.165, 1.54) is 4.57 Å². The predicted octanol–water partition coefficient (Wildman–Crippen LogP) is 1.70. The van der Waals surface area contributed by atoms with E-state index in [0.717, 1.165) is 5.69 Å². The molecule has 0 bridgehead atoms. The third-order valence-corrected chi connectivity index (χ3v) is 2.93. The first-order valence-electron chi connectivity index (χ1n) is 5.32. The number of nitrogens with zero attached hydrogens (tertiary/aromatic N) is 1. The second kappa shape index (κ2) is 3.76. The zero-order valence-corrected chi connectivity index (χ0v) is 9.90. The number of hydrogen-bond acceptors (Lipinski definition) is 3. The maximum Gasteiger partial charge on any atom is 0.340 e. The number of carbonyl (C=O) groups is 1. The topological polar surface area (TPSA) is 72.4 Å². The number of aryl methyl sites for hydroxylation is 2. The van der Waals surface area contributed by atoms with Gasteiger partial charge >= 0.3 is 5.97 Å². The van der Waals surface area contributed by atoms with E-state index in [1.54, 1.807) is 27.0 Å². The minimum Gasteiger partial charge on any atom is -0.478 e. The summed E-state index contributed by atoms with van der Waals surface area (Å²) < 4.78 is 6.85. The van der Waals surface area contributed by atoms with Gasteiger partial charge in [0.15, 0.2) is 0 Å². The van der Waals surface area contributed by atoms with E-state index >= 15 is 0 Å². The van der Waals surface area contributed by atoms with E-state index in [4.69, 9.17) is 9.52 Å². The van der Waals surface area contributed by atoms with Gasteiger partial charge in [0.2, 0.25) is 0 Å². The van der Waals surface area contributed by atoms with Crippen LogP contribution in [0.5, 0.6) is 0 Å². The van der Waals surface area contributed by atoms with Gasteiger partial charge in [-0.2, -0.15) is 0 Å². The lowest BCUT2D eigenvalue weighted by Crippen LogP contribution is -2.20. The number of aromatic carboxylic acids is 1. The number of carboxylic acids is 1. The average molecular weight is 235 g/mol. The third kappa shape index (κ3) is 1.54. The molecule has 0 unspecified atom stereocenters. The van der Waals surface area contributed by atoms with Crippen LogP contribution in [0.1, 0.15) is 28.7 Å². The first-order chi connectivity index (χ1) is 7.97. The van der Waals surface area contributed by atoms with E-state index in [1.807, 2.05) is 0 Å².